The maximum atomic E-state index is 6.15. The monoisotopic (exact) mass is 365 g/mol. The van der Waals surface area contributed by atoms with E-state index in [1.54, 1.807) is 0 Å². The number of hydrogen-bond acceptors (Lipinski definition) is 4. The molecule has 1 aliphatic carbocycles. The second-order valence-corrected chi connectivity index (χ2v) is 8.67. The maximum Gasteiger partial charge on any atom is 0.123 e. The molecule has 27 heavy (non-hydrogen) atoms. The Bertz CT molecular complexity index is 755. The van der Waals surface area contributed by atoms with E-state index in [2.05, 4.69) is 58.6 Å². The summed E-state index contributed by atoms with van der Waals surface area (Å²) in [5, 5.41) is 3.48. The zero-order chi connectivity index (χ0) is 18.3. The van der Waals surface area contributed by atoms with Crippen LogP contribution in [0, 0.1) is 0 Å². The minimum Gasteiger partial charge on any atom is -0.492 e. The van der Waals surface area contributed by atoms with Crippen LogP contribution in [0.25, 0.3) is 0 Å². The van der Waals surface area contributed by atoms with Gasteiger partial charge in [-0.3, -0.25) is 0 Å². The molecule has 4 heteroatoms. The minimum atomic E-state index is 0.237. The van der Waals surface area contributed by atoms with Gasteiger partial charge in [0.25, 0.3) is 0 Å². The van der Waals surface area contributed by atoms with Crippen molar-refractivity contribution in [2.75, 3.05) is 52.9 Å². The molecular weight excluding hydrogens is 334 g/mol. The van der Waals surface area contributed by atoms with Crippen LogP contribution in [0.1, 0.15) is 36.3 Å². The number of likely N-dealkylation sites (tertiary alicyclic amines) is 1. The van der Waals surface area contributed by atoms with Gasteiger partial charge >= 0.3 is 0 Å². The predicted octanol–water partition coefficient (Wildman–Crippen LogP) is 2.88. The first kappa shape index (κ1) is 17.3. The van der Waals surface area contributed by atoms with Gasteiger partial charge in [0.1, 0.15) is 5.75 Å². The summed E-state index contributed by atoms with van der Waals surface area (Å²) in [6.45, 7) is 7.60. The Morgan fingerprint density at radius 1 is 1.11 bits per heavy atom. The highest BCUT2D eigenvalue weighted by Gasteiger charge is 2.43. The third-order valence-electron chi connectivity index (χ3n) is 7.04. The Balaban J connectivity index is 1.46. The van der Waals surface area contributed by atoms with Gasteiger partial charge in [0, 0.05) is 48.8 Å². The molecule has 4 nitrogen and oxygen atoms in total. The number of piperazine rings is 1. The zero-order valence-electron chi connectivity index (χ0n) is 16.4. The molecule has 0 amide bonds. The molecule has 1 aromatic rings. The summed E-state index contributed by atoms with van der Waals surface area (Å²) >= 11 is 0. The van der Waals surface area contributed by atoms with E-state index in [1.165, 1.54) is 42.8 Å². The highest BCUT2D eigenvalue weighted by molar-refractivity contribution is 5.49. The predicted molar refractivity (Wildman–Crippen MR) is 109 cm³/mol. The molecule has 0 bridgehead atoms. The third kappa shape index (κ3) is 3.09. The SMILES string of the molecule is CN1CCC2(CC1)COc1ccc(C3CC=CC=C3N3CCNCC3)cc12. The van der Waals surface area contributed by atoms with Crippen molar-refractivity contribution >= 4 is 0 Å². The highest BCUT2D eigenvalue weighted by atomic mass is 16.5. The van der Waals surface area contributed by atoms with Crippen LogP contribution in [0.3, 0.4) is 0 Å². The second kappa shape index (κ2) is 6.99. The summed E-state index contributed by atoms with van der Waals surface area (Å²) in [4.78, 5) is 5.03. The molecule has 1 N–H and O–H groups in total. The summed E-state index contributed by atoms with van der Waals surface area (Å²) < 4.78 is 6.15. The topological polar surface area (TPSA) is 27.7 Å². The Hall–Kier alpha value is -1.78. The summed E-state index contributed by atoms with van der Waals surface area (Å²) in [7, 11) is 2.24. The fourth-order valence-corrected chi connectivity index (χ4v) is 5.23. The molecule has 1 atom stereocenters. The first-order valence-corrected chi connectivity index (χ1v) is 10.5. The van der Waals surface area contributed by atoms with E-state index in [1.807, 2.05) is 0 Å². The number of hydrogen-bond donors (Lipinski definition) is 1. The average molecular weight is 366 g/mol. The van der Waals surface area contributed by atoms with E-state index in [0.29, 0.717) is 5.92 Å². The van der Waals surface area contributed by atoms with Gasteiger partial charge in [-0.25, -0.2) is 0 Å². The Morgan fingerprint density at radius 2 is 1.93 bits per heavy atom. The van der Waals surface area contributed by atoms with Gasteiger partial charge < -0.3 is 19.9 Å². The Kier molecular flexibility index (Phi) is 4.49. The molecule has 4 aliphatic rings. The fourth-order valence-electron chi connectivity index (χ4n) is 5.23. The van der Waals surface area contributed by atoms with Gasteiger partial charge in [-0.05, 0) is 57.1 Å². The molecule has 2 saturated heterocycles. The molecule has 0 saturated carbocycles. The van der Waals surface area contributed by atoms with Crippen molar-refractivity contribution in [3.05, 3.63) is 53.3 Å². The highest BCUT2D eigenvalue weighted by Crippen LogP contribution is 2.47. The van der Waals surface area contributed by atoms with Crippen molar-refractivity contribution in [3.8, 4) is 5.75 Å². The van der Waals surface area contributed by atoms with E-state index < -0.39 is 0 Å². The van der Waals surface area contributed by atoms with Gasteiger partial charge in [0.05, 0.1) is 6.61 Å². The number of allylic oxidation sites excluding steroid dienone is 4. The lowest BCUT2D eigenvalue weighted by atomic mass is 9.73. The first-order valence-electron chi connectivity index (χ1n) is 10.5. The van der Waals surface area contributed by atoms with Gasteiger partial charge in [0.15, 0.2) is 0 Å². The number of nitrogens with zero attached hydrogens (tertiary/aromatic N) is 2. The van der Waals surface area contributed by atoms with E-state index in [0.717, 1.165) is 45.0 Å². The quantitative estimate of drug-likeness (QED) is 0.872. The lowest BCUT2D eigenvalue weighted by Crippen LogP contribution is -2.44. The van der Waals surface area contributed by atoms with Crippen molar-refractivity contribution in [2.24, 2.45) is 0 Å². The Labute approximate surface area is 162 Å². The summed E-state index contributed by atoms with van der Waals surface area (Å²) in [6, 6.07) is 7.05. The van der Waals surface area contributed by atoms with Crippen molar-refractivity contribution in [1.29, 1.82) is 0 Å². The lowest BCUT2D eigenvalue weighted by molar-refractivity contribution is 0.155. The minimum absolute atomic E-state index is 0.237. The van der Waals surface area contributed by atoms with E-state index >= 15 is 0 Å². The molecule has 144 valence electrons. The largest absolute Gasteiger partial charge is 0.492 e. The molecule has 0 radical (unpaired) electrons. The van der Waals surface area contributed by atoms with Gasteiger partial charge in [-0.15, -0.1) is 0 Å². The molecular formula is C23H31N3O. The van der Waals surface area contributed by atoms with E-state index in [9.17, 15) is 0 Å². The number of fused-ring (bicyclic) bond motifs is 2. The fraction of sp³-hybridized carbons (Fsp3) is 0.565. The number of piperidine rings is 1. The standard InChI is InChI=1S/C23H31N3O/c1-25-12-8-23(9-13-25)17-27-22-7-6-18(16-20(22)23)19-4-2-3-5-21(19)26-14-10-24-11-15-26/h2-3,5-7,16,19,24H,4,8-15,17H2,1H3. The molecule has 1 aromatic carbocycles. The normalized spacial score (nSPS) is 27.4. The van der Waals surface area contributed by atoms with Crippen LogP contribution in [-0.4, -0.2) is 62.7 Å². The summed E-state index contributed by atoms with van der Waals surface area (Å²) in [6.07, 6.45) is 10.4. The van der Waals surface area contributed by atoms with Crippen LogP contribution in [0.15, 0.2) is 42.1 Å². The summed E-state index contributed by atoms with van der Waals surface area (Å²) in [5.41, 5.74) is 4.67. The summed E-state index contributed by atoms with van der Waals surface area (Å²) in [5.74, 6) is 1.60. The van der Waals surface area contributed by atoms with Crippen molar-refractivity contribution < 1.29 is 4.74 Å². The van der Waals surface area contributed by atoms with Gasteiger partial charge in [-0.1, -0.05) is 24.3 Å². The number of rotatable bonds is 2. The van der Waals surface area contributed by atoms with Crippen LogP contribution in [-0.2, 0) is 5.41 Å². The van der Waals surface area contributed by atoms with Crippen molar-refractivity contribution in [3.63, 3.8) is 0 Å². The van der Waals surface area contributed by atoms with Crippen LogP contribution in [0.2, 0.25) is 0 Å². The third-order valence-corrected chi connectivity index (χ3v) is 7.04. The number of nitrogens with one attached hydrogen (secondary N) is 1. The molecule has 3 aliphatic heterocycles. The van der Waals surface area contributed by atoms with E-state index in [4.69, 9.17) is 4.74 Å². The first-order chi connectivity index (χ1) is 13.3. The number of benzene rings is 1. The van der Waals surface area contributed by atoms with Crippen LogP contribution >= 0.6 is 0 Å². The average Bonchev–Trinajstić information content (AvgIpc) is 3.09. The van der Waals surface area contributed by atoms with Gasteiger partial charge in [-0.2, -0.15) is 0 Å². The molecule has 0 aromatic heterocycles. The van der Waals surface area contributed by atoms with Crippen LogP contribution in [0.5, 0.6) is 5.75 Å². The van der Waals surface area contributed by atoms with Crippen molar-refractivity contribution in [2.45, 2.75) is 30.6 Å². The van der Waals surface area contributed by atoms with Crippen LogP contribution in [0.4, 0.5) is 0 Å². The molecule has 5 rings (SSSR count). The van der Waals surface area contributed by atoms with Gasteiger partial charge in [0.2, 0.25) is 0 Å². The van der Waals surface area contributed by atoms with E-state index in [-0.39, 0.29) is 5.41 Å². The number of ether oxygens (including phenoxy) is 1. The molecule has 2 fully saturated rings. The maximum absolute atomic E-state index is 6.15. The molecule has 1 spiro atoms. The Morgan fingerprint density at radius 3 is 2.74 bits per heavy atom. The molecule has 3 heterocycles. The zero-order valence-corrected chi connectivity index (χ0v) is 16.4. The smallest absolute Gasteiger partial charge is 0.123 e. The lowest BCUT2D eigenvalue weighted by Gasteiger charge is -2.38. The molecule has 1 unspecified atom stereocenters. The van der Waals surface area contributed by atoms with Crippen molar-refractivity contribution in [1.82, 2.24) is 15.1 Å². The second-order valence-electron chi connectivity index (χ2n) is 8.67. The van der Waals surface area contributed by atoms with Crippen LogP contribution < -0.4 is 10.1 Å².